The molecule has 0 aliphatic carbocycles. The Balaban J connectivity index is 4.22. The van der Waals surface area contributed by atoms with Gasteiger partial charge in [-0.3, -0.25) is 4.79 Å². The maximum atomic E-state index is 11.5. The number of amides is 1. The van der Waals surface area contributed by atoms with E-state index in [1.807, 2.05) is 11.9 Å². The van der Waals surface area contributed by atoms with Crippen LogP contribution in [0, 0.1) is 5.92 Å². The molecule has 0 spiro atoms. The van der Waals surface area contributed by atoms with Gasteiger partial charge in [0.25, 0.3) is 0 Å². The van der Waals surface area contributed by atoms with E-state index in [0.29, 0.717) is 12.5 Å². The second-order valence-electron chi connectivity index (χ2n) is 4.72. The molecule has 0 heterocycles. The highest BCUT2D eigenvalue weighted by Gasteiger charge is 2.21. The molecule has 1 unspecified atom stereocenters. The van der Waals surface area contributed by atoms with Gasteiger partial charge in [0.2, 0.25) is 5.91 Å². The van der Waals surface area contributed by atoms with E-state index in [4.69, 9.17) is 0 Å². The first-order chi connectivity index (χ1) is 7.86. The van der Waals surface area contributed by atoms with Crippen LogP contribution in [0.4, 0.5) is 0 Å². The average Bonchev–Trinajstić information content (AvgIpc) is 2.23. The predicted molar refractivity (Wildman–Crippen MR) is 66.6 cm³/mol. The summed E-state index contributed by atoms with van der Waals surface area (Å²) in [5, 5.41) is 2.59. The number of carbonyl (C=O) groups excluding carboxylic acids is 2. The van der Waals surface area contributed by atoms with Crippen molar-refractivity contribution in [3.63, 3.8) is 0 Å². The topological polar surface area (TPSA) is 58.6 Å². The number of hydrogen-bond donors (Lipinski definition) is 1. The molecule has 0 saturated carbocycles. The zero-order valence-electron chi connectivity index (χ0n) is 11.4. The van der Waals surface area contributed by atoms with E-state index in [0.717, 1.165) is 13.0 Å². The molecule has 0 aromatic rings. The van der Waals surface area contributed by atoms with Crippen LogP contribution in [0.5, 0.6) is 0 Å². The van der Waals surface area contributed by atoms with E-state index in [1.165, 1.54) is 14.0 Å². The van der Waals surface area contributed by atoms with E-state index in [2.05, 4.69) is 23.9 Å². The zero-order valence-corrected chi connectivity index (χ0v) is 11.4. The molecule has 0 bridgehead atoms. The number of ether oxygens (including phenoxy) is 1. The fourth-order valence-electron chi connectivity index (χ4n) is 1.45. The van der Waals surface area contributed by atoms with Gasteiger partial charge >= 0.3 is 5.97 Å². The maximum Gasteiger partial charge on any atom is 0.329 e. The van der Waals surface area contributed by atoms with Crippen molar-refractivity contribution >= 4 is 11.9 Å². The van der Waals surface area contributed by atoms with Gasteiger partial charge in [-0.2, -0.15) is 0 Å². The summed E-state index contributed by atoms with van der Waals surface area (Å²) in [5.74, 6) is -0.0101. The Labute approximate surface area is 103 Å². The lowest BCUT2D eigenvalue weighted by atomic mass is 10.1. The quantitative estimate of drug-likeness (QED) is 0.668. The van der Waals surface area contributed by atoms with Crippen molar-refractivity contribution in [2.75, 3.05) is 27.2 Å². The lowest BCUT2D eigenvalue weighted by molar-refractivity contribution is -0.145. The highest BCUT2D eigenvalue weighted by molar-refractivity contribution is 5.83. The van der Waals surface area contributed by atoms with Gasteiger partial charge in [0, 0.05) is 13.5 Å². The zero-order chi connectivity index (χ0) is 13.4. The third-order valence-electron chi connectivity index (χ3n) is 2.45. The highest BCUT2D eigenvalue weighted by Crippen LogP contribution is 2.01. The third-order valence-corrected chi connectivity index (χ3v) is 2.45. The summed E-state index contributed by atoms with van der Waals surface area (Å²) in [5.41, 5.74) is 0. The Morgan fingerprint density at radius 3 is 2.35 bits per heavy atom. The number of nitrogens with one attached hydrogen (secondary N) is 1. The summed E-state index contributed by atoms with van der Waals surface area (Å²) in [6.45, 7) is 7.06. The van der Waals surface area contributed by atoms with Crippen LogP contribution in [-0.4, -0.2) is 50.1 Å². The molecular weight excluding hydrogens is 220 g/mol. The summed E-state index contributed by atoms with van der Waals surface area (Å²) in [4.78, 5) is 24.5. The summed E-state index contributed by atoms with van der Waals surface area (Å²) >= 11 is 0. The molecule has 100 valence electrons. The largest absolute Gasteiger partial charge is 0.467 e. The lowest BCUT2D eigenvalue weighted by Crippen LogP contribution is -2.47. The van der Waals surface area contributed by atoms with Crippen molar-refractivity contribution in [1.82, 2.24) is 10.2 Å². The molecule has 0 aliphatic heterocycles. The molecule has 0 radical (unpaired) electrons. The molecule has 1 atom stereocenters. The molecule has 17 heavy (non-hydrogen) atoms. The van der Waals surface area contributed by atoms with Crippen LogP contribution in [-0.2, 0) is 14.3 Å². The van der Waals surface area contributed by atoms with E-state index in [1.54, 1.807) is 0 Å². The Morgan fingerprint density at radius 2 is 1.94 bits per heavy atom. The summed E-state index contributed by atoms with van der Waals surface area (Å²) in [6, 6.07) is -0.588. The molecule has 0 rings (SSSR count). The molecule has 0 aromatic heterocycles. The highest BCUT2D eigenvalue weighted by atomic mass is 16.5. The first-order valence-electron chi connectivity index (χ1n) is 5.90. The molecular formula is C12H24N2O3. The minimum Gasteiger partial charge on any atom is -0.467 e. The standard InChI is InChI=1S/C12H24N2O3/c1-9(2)6-7-14(4)8-11(12(16)17-5)13-10(3)15/h9,11H,6-8H2,1-5H3,(H,13,15). The van der Waals surface area contributed by atoms with Gasteiger partial charge in [0.15, 0.2) is 0 Å². The first kappa shape index (κ1) is 15.9. The Hall–Kier alpha value is -1.10. The molecule has 1 amide bonds. The van der Waals surface area contributed by atoms with Gasteiger partial charge in [-0.05, 0) is 25.9 Å². The Morgan fingerprint density at radius 1 is 1.35 bits per heavy atom. The van der Waals surface area contributed by atoms with Crippen molar-refractivity contribution in [2.45, 2.75) is 33.2 Å². The first-order valence-corrected chi connectivity index (χ1v) is 5.90. The van der Waals surface area contributed by atoms with Crippen LogP contribution in [0.25, 0.3) is 0 Å². The van der Waals surface area contributed by atoms with Gasteiger partial charge in [-0.25, -0.2) is 4.79 Å². The number of esters is 1. The molecule has 5 heteroatoms. The number of methoxy groups -OCH3 is 1. The number of likely N-dealkylation sites (N-methyl/N-ethyl adjacent to an activating group) is 1. The second-order valence-corrected chi connectivity index (χ2v) is 4.72. The van der Waals surface area contributed by atoms with Crippen LogP contribution in [0.15, 0.2) is 0 Å². The maximum absolute atomic E-state index is 11.5. The van der Waals surface area contributed by atoms with Crippen LogP contribution in [0.3, 0.4) is 0 Å². The molecule has 0 fully saturated rings. The summed E-state index contributed by atoms with van der Waals surface area (Å²) in [6.07, 6.45) is 1.06. The third kappa shape index (κ3) is 7.74. The predicted octanol–water partition coefficient (Wildman–Crippen LogP) is 0.642. The van der Waals surface area contributed by atoms with Crippen molar-refractivity contribution in [1.29, 1.82) is 0 Å². The van der Waals surface area contributed by atoms with Crippen molar-refractivity contribution in [3.8, 4) is 0 Å². The van der Waals surface area contributed by atoms with Crippen LogP contribution >= 0.6 is 0 Å². The van der Waals surface area contributed by atoms with E-state index in [9.17, 15) is 9.59 Å². The van der Waals surface area contributed by atoms with Crippen LogP contribution < -0.4 is 5.32 Å². The minimum atomic E-state index is -0.588. The molecule has 0 saturated heterocycles. The van der Waals surface area contributed by atoms with E-state index >= 15 is 0 Å². The SMILES string of the molecule is COC(=O)C(CN(C)CCC(C)C)NC(C)=O. The number of carbonyl (C=O) groups is 2. The van der Waals surface area contributed by atoms with E-state index in [-0.39, 0.29) is 5.91 Å². The fourth-order valence-corrected chi connectivity index (χ4v) is 1.45. The van der Waals surface area contributed by atoms with Gasteiger partial charge in [0.05, 0.1) is 7.11 Å². The monoisotopic (exact) mass is 244 g/mol. The number of nitrogens with zero attached hydrogens (tertiary/aromatic N) is 1. The molecule has 5 nitrogen and oxygen atoms in total. The Bertz CT molecular complexity index is 254. The summed E-state index contributed by atoms with van der Waals surface area (Å²) < 4.78 is 4.66. The smallest absolute Gasteiger partial charge is 0.329 e. The van der Waals surface area contributed by atoms with Gasteiger partial charge in [0.1, 0.15) is 6.04 Å². The molecule has 0 aromatic carbocycles. The number of hydrogen-bond acceptors (Lipinski definition) is 4. The molecule has 0 aliphatic rings. The van der Waals surface area contributed by atoms with Crippen molar-refractivity contribution in [3.05, 3.63) is 0 Å². The van der Waals surface area contributed by atoms with Crippen molar-refractivity contribution < 1.29 is 14.3 Å². The second kappa shape index (κ2) is 8.06. The Kier molecular flexibility index (Phi) is 7.54. The fraction of sp³-hybridized carbons (Fsp3) is 0.833. The normalized spacial score (nSPS) is 12.6. The average molecular weight is 244 g/mol. The van der Waals surface area contributed by atoms with Gasteiger partial charge in [-0.15, -0.1) is 0 Å². The van der Waals surface area contributed by atoms with Gasteiger partial charge in [-0.1, -0.05) is 13.8 Å². The van der Waals surface area contributed by atoms with Crippen molar-refractivity contribution in [2.24, 2.45) is 5.92 Å². The molecule has 1 N–H and O–H groups in total. The van der Waals surface area contributed by atoms with Gasteiger partial charge < -0.3 is 15.0 Å². The van der Waals surface area contributed by atoms with Crippen LogP contribution in [0.1, 0.15) is 27.2 Å². The summed E-state index contributed by atoms with van der Waals surface area (Å²) in [7, 11) is 3.26. The number of rotatable bonds is 7. The minimum absolute atomic E-state index is 0.224. The lowest BCUT2D eigenvalue weighted by Gasteiger charge is -2.23. The van der Waals surface area contributed by atoms with Crippen LogP contribution in [0.2, 0.25) is 0 Å². The van der Waals surface area contributed by atoms with E-state index < -0.39 is 12.0 Å².